The largest absolute Gasteiger partial charge is 0.469 e. The maximum atomic E-state index is 12.3. The van der Waals surface area contributed by atoms with E-state index in [-0.39, 0.29) is 5.91 Å². The molecule has 17 heavy (non-hydrogen) atoms. The third-order valence-corrected chi connectivity index (χ3v) is 3.94. The Hall–Kier alpha value is -1.25. The number of rotatable bonds is 2. The highest BCUT2D eigenvalue weighted by Gasteiger charge is 2.26. The third kappa shape index (κ3) is 2.54. The van der Waals surface area contributed by atoms with Crippen LogP contribution in [0.2, 0.25) is 0 Å². The number of carbonyl (C=O) groups is 1. The maximum Gasteiger partial charge on any atom is 0.257 e. The minimum Gasteiger partial charge on any atom is -0.469 e. The van der Waals surface area contributed by atoms with Crippen molar-refractivity contribution >= 4 is 5.91 Å². The van der Waals surface area contributed by atoms with Crippen LogP contribution in [0.5, 0.6) is 0 Å². The number of carbonyl (C=O) groups excluding carboxylic acids is 1. The summed E-state index contributed by atoms with van der Waals surface area (Å²) in [7, 11) is 1.91. The van der Waals surface area contributed by atoms with E-state index in [1.165, 1.54) is 12.8 Å². The summed E-state index contributed by atoms with van der Waals surface area (Å²) in [6, 6.07) is 2.16. The Labute approximate surface area is 103 Å². The Bertz CT molecular complexity index is 389. The lowest BCUT2D eigenvalue weighted by molar-refractivity contribution is 0.0678. The molecule has 3 nitrogen and oxygen atoms in total. The Morgan fingerprint density at radius 1 is 1.35 bits per heavy atom. The second-order valence-electron chi connectivity index (χ2n) is 5.22. The van der Waals surface area contributed by atoms with Gasteiger partial charge in [-0.05, 0) is 44.6 Å². The standard InChI is InChI=1S/C14H21NO2/c1-10-4-6-12(7-5-10)15(3)14(16)13-8-9-17-11(13)2/h8-10,12H,4-7H2,1-3H3. The Kier molecular flexibility index (Phi) is 3.55. The molecule has 1 fully saturated rings. The summed E-state index contributed by atoms with van der Waals surface area (Å²) in [4.78, 5) is 14.2. The molecule has 1 aliphatic carbocycles. The molecule has 0 atom stereocenters. The van der Waals surface area contributed by atoms with Gasteiger partial charge in [0.15, 0.2) is 0 Å². The number of nitrogens with zero attached hydrogens (tertiary/aromatic N) is 1. The van der Waals surface area contributed by atoms with E-state index >= 15 is 0 Å². The molecule has 0 unspecified atom stereocenters. The fourth-order valence-electron chi connectivity index (χ4n) is 2.59. The first-order valence-electron chi connectivity index (χ1n) is 6.41. The topological polar surface area (TPSA) is 33.5 Å². The van der Waals surface area contributed by atoms with Gasteiger partial charge in [-0.3, -0.25) is 4.79 Å². The monoisotopic (exact) mass is 235 g/mol. The average molecular weight is 235 g/mol. The van der Waals surface area contributed by atoms with E-state index in [0.29, 0.717) is 17.4 Å². The van der Waals surface area contributed by atoms with Crippen molar-refractivity contribution in [1.82, 2.24) is 4.90 Å². The summed E-state index contributed by atoms with van der Waals surface area (Å²) < 4.78 is 5.19. The smallest absolute Gasteiger partial charge is 0.257 e. The van der Waals surface area contributed by atoms with E-state index in [2.05, 4.69) is 6.92 Å². The van der Waals surface area contributed by atoms with E-state index in [1.54, 1.807) is 12.3 Å². The molecule has 94 valence electrons. The first kappa shape index (κ1) is 12.2. The van der Waals surface area contributed by atoms with Crippen LogP contribution in [0.1, 0.15) is 48.7 Å². The van der Waals surface area contributed by atoms with Crippen molar-refractivity contribution in [3.63, 3.8) is 0 Å². The number of amides is 1. The van der Waals surface area contributed by atoms with Gasteiger partial charge in [-0.1, -0.05) is 6.92 Å². The van der Waals surface area contributed by atoms with Gasteiger partial charge in [-0.2, -0.15) is 0 Å². The molecule has 3 heteroatoms. The fraction of sp³-hybridized carbons (Fsp3) is 0.643. The van der Waals surface area contributed by atoms with Crippen molar-refractivity contribution in [2.24, 2.45) is 5.92 Å². The first-order chi connectivity index (χ1) is 8.09. The van der Waals surface area contributed by atoms with Crippen molar-refractivity contribution in [3.05, 3.63) is 23.7 Å². The Balaban J connectivity index is 2.03. The number of hydrogen-bond acceptors (Lipinski definition) is 2. The molecular formula is C14H21NO2. The molecule has 0 bridgehead atoms. The van der Waals surface area contributed by atoms with Gasteiger partial charge in [0.2, 0.25) is 0 Å². The molecule has 1 amide bonds. The van der Waals surface area contributed by atoms with Gasteiger partial charge in [0.1, 0.15) is 5.76 Å². The SMILES string of the molecule is Cc1occc1C(=O)N(C)C1CCC(C)CC1. The quantitative estimate of drug-likeness (QED) is 0.788. The van der Waals surface area contributed by atoms with Crippen LogP contribution in [0, 0.1) is 12.8 Å². The molecular weight excluding hydrogens is 214 g/mol. The summed E-state index contributed by atoms with van der Waals surface area (Å²) in [6.07, 6.45) is 6.29. The van der Waals surface area contributed by atoms with Crippen molar-refractivity contribution in [3.8, 4) is 0 Å². The van der Waals surface area contributed by atoms with Crippen LogP contribution >= 0.6 is 0 Å². The normalized spacial score (nSPS) is 24.6. The minimum absolute atomic E-state index is 0.0933. The lowest BCUT2D eigenvalue weighted by Crippen LogP contribution is -2.39. The third-order valence-electron chi connectivity index (χ3n) is 3.94. The minimum atomic E-state index is 0.0933. The Morgan fingerprint density at radius 2 is 2.00 bits per heavy atom. The highest BCUT2D eigenvalue weighted by molar-refractivity contribution is 5.95. The molecule has 0 spiro atoms. The second kappa shape index (κ2) is 4.94. The molecule has 0 radical (unpaired) electrons. The lowest BCUT2D eigenvalue weighted by Gasteiger charge is -2.33. The van der Waals surface area contributed by atoms with E-state index < -0.39 is 0 Å². The number of furan rings is 1. The van der Waals surface area contributed by atoms with Crippen LogP contribution in [-0.4, -0.2) is 23.9 Å². The van der Waals surface area contributed by atoms with Crippen LogP contribution in [0.4, 0.5) is 0 Å². The van der Waals surface area contributed by atoms with E-state index in [1.807, 2.05) is 18.9 Å². The van der Waals surface area contributed by atoms with Crippen LogP contribution in [0.15, 0.2) is 16.7 Å². The van der Waals surface area contributed by atoms with Gasteiger partial charge in [0, 0.05) is 13.1 Å². The van der Waals surface area contributed by atoms with Crippen LogP contribution < -0.4 is 0 Å². The zero-order chi connectivity index (χ0) is 12.4. The molecule has 1 aromatic heterocycles. The van der Waals surface area contributed by atoms with Crippen LogP contribution in [0.3, 0.4) is 0 Å². The van der Waals surface area contributed by atoms with Crippen molar-refractivity contribution < 1.29 is 9.21 Å². The van der Waals surface area contributed by atoms with Gasteiger partial charge in [-0.25, -0.2) is 0 Å². The maximum absolute atomic E-state index is 12.3. The molecule has 1 aliphatic rings. The predicted octanol–water partition coefficient (Wildman–Crippen LogP) is 3.24. The highest BCUT2D eigenvalue weighted by atomic mass is 16.3. The number of aryl methyl sites for hydroxylation is 1. The molecule has 1 aromatic rings. The van der Waals surface area contributed by atoms with E-state index in [0.717, 1.165) is 18.8 Å². The highest BCUT2D eigenvalue weighted by Crippen LogP contribution is 2.27. The molecule has 0 N–H and O–H groups in total. The molecule has 0 saturated heterocycles. The number of hydrogen-bond donors (Lipinski definition) is 0. The molecule has 0 aliphatic heterocycles. The average Bonchev–Trinajstić information content (AvgIpc) is 2.74. The van der Waals surface area contributed by atoms with Gasteiger partial charge in [0.05, 0.1) is 11.8 Å². The molecule has 2 rings (SSSR count). The van der Waals surface area contributed by atoms with Gasteiger partial charge < -0.3 is 9.32 Å². The second-order valence-corrected chi connectivity index (χ2v) is 5.22. The molecule has 1 heterocycles. The zero-order valence-electron chi connectivity index (χ0n) is 10.9. The van der Waals surface area contributed by atoms with Gasteiger partial charge >= 0.3 is 0 Å². The summed E-state index contributed by atoms with van der Waals surface area (Å²) in [6.45, 7) is 4.13. The van der Waals surface area contributed by atoms with Gasteiger partial charge in [0.25, 0.3) is 5.91 Å². The molecule has 0 aromatic carbocycles. The fourth-order valence-corrected chi connectivity index (χ4v) is 2.59. The first-order valence-corrected chi connectivity index (χ1v) is 6.41. The summed E-state index contributed by atoms with van der Waals surface area (Å²) in [5.41, 5.74) is 0.700. The van der Waals surface area contributed by atoms with Crippen LogP contribution in [0.25, 0.3) is 0 Å². The van der Waals surface area contributed by atoms with Crippen LogP contribution in [-0.2, 0) is 0 Å². The summed E-state index contributed by atoms with van der Waals surface area (Å²) in [5.74, 6) is 1.62. The zero-order valence-corrected chi connectivity index (χ0v) is 10.9. The predicted molar refractivity (Wildman–Crippen MR) is 67.0 cm³/mol. The summed E-state index contributed by atoms with van der Waals surface area (Å²) in [5, 5.41) is 0. The Morgan fingerprint density at radius 3 is 2.53 bits per heavy atom. The van der Waals surface area contributed by atoms with Gasteiger partial charge in [-0.15, -0.1) is 0 Å². The van der Waals surface area contributed by atoms with E-state index in [4.69, 9.17) is 4.42 Å². The summed E-state index contributed by atoms with van der Waals surface area (Å²) >= 11 is 0. The van der Waals surface area contributed by atoms with Crippen molar-refractivity contribution in [1.29, 1.82) is 0 Å². The lowest BCUT2D eigenvalue weighted by atomic mass is 9.86. The van der Waals surface area contributed by atoms with E-state index in [9.17, 15) is 4.79 Å². The molecule has 1 saturated carbocycles. The van der Waals surface area contributed by atoms with Crippen molar-refractivity contribution in [2.75, 3.05) is 7.05 Å². The van der Waals surface area contributed by atoms with Crippen molar-refractivity contribution in [2.45, 2.75) is 45.6 Å².